The summed E-state index contributed by atoms with van der Waals surface area (Å²) in [7, 11) is 1.67. The smallest absolute Gasteiger partial charge is 0.119 e. The Hall–Kier alpha value is -2.00. The summed E-state index contributed by atoms with van der Waals surface area (Å²) in [6.45, 7) is 2.68. The van der Waals surface area contributed by atoms with Gasteiger partial charge in [-0.1, -0.05) is 24.3 Å². The first-order chi connectivity index (χ1) is 10.2. The number of nitrogens with two attached hydrogens (primary N) is 1. The van der Waals surface area contributed by atoms with E-state index in [-0.39, 0.29) is 6.04 Å². The van der Waals surface area contributed by atoms with Gasteiger partial charge in [-0.2, -0.15) is 0 Å². The van der Waals surface area contributed by atoms with Gasteiger partial charge in [-0.25, -0.2) is 0 Å². The van der Waals surface area contributed by atoms with Crippen LogP contribution in [0.5, 0.6) is 11.5 Å². The van der Waals surface area contributed by atoms with Crippen LogP contribution >= 0.6 is 0 Å². The molecule has 0 aliphatic rings. The lowest BCUT2D eigenvalue weighted by atomic mass is 9.99. The average Bonchev–Trinajstić information content (AvgIpc) is 2.54. The summed E-state index contributed by atoms with van der Waals surface area (Å²) in [6, 6.07) is 16.2. The third-order valence-electron chi connectivity index (χ3n) is 3.52. The summed E-state index contributed by atoms with van der Waals surface area (Å²) >= 11 is 0. The molecule has 2 rings (SSSR count). The highest BCUT2D eigenvalue weighted by atomic mass is 16.5. The van der Waals surface area contributed by atoms with Gasteiger partial charge in [0.15, 0.2) is 0 Å². The fourth-order valence-electron chi connectivity index (χ4n) is 2.26. The van der Waals surface area contributed by atoms with Gasteiger partial charge in [-0.05, 0) is 55.2 Å². The number of aryl methyl sites for hydroxylation is 1. The zero-order valence-electron chi connectivity index (χ0n) is 12.7. The first kappa shape index (κ1) is 15.4. The van der Waals surface area contributed by atoms with Crippen molar-refractivity contribution in [2.45, 2.75) is 25.8 Å². The molecule has 0 heterocycles. The number of hydrogen-bond acceptors (Lipinski definition) is 3. The number of benzene rings is 2. The zero-order valence-corrected chi connectivity index (χ0v) is 12.7. The van der Waals surface area contributed by atoms with Gasteiger partial charge in [0, 0.05) is 6.04 Å². The van der Waals surface area contributed by atoms with Gasteiger partial charge in [0.05, 0.1) is 13.7 Å². The molecule has 21 heavy (non-hydrogen) atoms. The molecule has 0 spiro atoms. The van der Waals surface area contributed by atoms with Crippen LogP contribution in [0.2, 0.25) is 0 Å². The Labute approximate surface area is 126 Å². The Morgan fingerprint density at radius 2 is 1.57 bits per heavy atom. The second-order valence-electron chi connectivity index (χ2n) is 5.00. The Kier molecular flexibility index (Phi) is 5.64. The first-order valence-electron chi connectivity index (χ1n) is 7.34. The highest BCUT2D eigenvalue weighted by Gasteiger charge is 2.06. The second kappa shape index (κ2) is 7.70. The molecular weight excluding hydrogens is 262 g/mol. The molecule has 1 unspecified atom stereocenters. The van der Waals surface area contributed by atoms with Crippen molar-refractivity contribution in [3.63, 3.8) is 0 Å². The average molecular weight is 285 g/mol. The van der Waals surface area contributed by atoms with Crippen LogP contribution in [-0.4, -0.2) is 13.7 Å². The van der Waals surface area contributed by atoms with Crippen molar-refractivity contribution in [3.8, 4) is 11.5 Å². The predicted molar refractivity (Wildman–Crippen MR) is 85.9 cm³/mol. The van der Waals surface area contributed by atoms with Gasteiger partial charge < -0.3 is 15.2 Å². The lowest BCUT2D eigenvalue weighted by Crippen LogP contribution is -2.11. The number of rotatable bonds is 7. The van der Waals surface area contributed by atoms with Crippen LogP contribution in [0.25, 0.3) is 0 Å². The van der Waals surface area contributed by atoms with E-state index in [1.54, 1.807) is 7.11 Å². The van der Waals surface area contributed by atoms with E-state index in [1.807, 2.05) is 43.3 Å². The lowest BCUT2D eigenvalue weighted by molar-refractivity contribution is 0.340. The van der Waals surface area contributed by atoms with Gasteiger partial charge in [0.25, 0.3) is 0 Å². The van der Waals surface area contributed by atoms with Crippen molar-refractivity contribution in [3.05, 3.63) is 59.7 Å². The number of ether oxygens (including phenoxy) is 2. The van der Waals surface area contributed by atoms with E-state index in [0.29, 0.717) is 6.61 Å². The fourth-order valence-corrected chi connectivity index (χ4v) is 2.26. The largest absolute Gasteiger partial charge is 0.497 e. The second-order valence-corrected chi connectivity index (χ2v) is 5.00. The topological polar surface area (TPSA) is 44.5 Å². The highest BCUT2D eigenvalue weighted by Crippen LogP contribution is 2.21. The SMILES string of the molecule is CCOc1ccc(CCC(N)c2ccc(OC)cc2)cc1. The highest BCUT2D eigenvalue weighted by molar-refractivity contribution is 5.30. The molecule has 0 aliphatic heterocycles. The molecule has 2 aromatic rings. The van der Waals surface area contributed by atoms with Crippen molar-refractivity contribution >= 4 is 0 Å². The summed E-state index contributed by atoms with van der Waals surface area (Å²) < 4.78 is 10.6. The third kappa shape index (κ3) is 4.50. The van der Waals surface area contributed by atoms with Crippen LogP contribution < -0.4 is 15.2 Å². The van der Waals surface area contributed by atoms with Crippen LogP contribution in [-0.2, 0) is 6.42 Å². The van der Waals surface area contributed by atoms with Crippen molar-refractivity contribution < 1.29 is 9.47 Å². The van der Waals surface area contributed by atoms with E-state index < -0.39 is 0 Å². The molecule has 0 aromatic heterocycles. The van der Waals surface area contributed by atoms with Crippen LogP contribution in [0.3, 0.4) is 0 Å². The van der Waals surface area contributed by atoms with E-state index in [9.17, 15) is 0 Å². The number of methoxy groups -OCH3 is 1. The third-order valence-corrected chi connectivity index (χ3v) is 3.52. The van der Waals surface area contributed by atoms with Crippen LogP contribution in [0.4, 0.5) is 0 Å². The van der Waals surface area contributed by atoms with Gasteiger partial charge in [-0.3, -0.25) is 0 Å². The molecule has 0 radical (unpaired) electrons. The molecule has 2 aromatic carbocycles. The van der Waals surface area contributed by atoms with E-state index in [0.717, 1.165) is 29.9 Å². The van der Waals surface area contributed by atoms with Gasteiger partial charge in [0.1, 0.15) is 11.5 Å². The zero-order chi connectivity index (χ0) is 15.1. The standard InChI is InChI=1S/C18H23NO2/c1-3-21-17-9-4-14(5-10-17)6-13-18(19)15-7-11-16(20-2)12-8-15/h4-5,7-12,18H,3,6,13,19H2,1-2H3. The maximum absolute atomic E-state index is 6.25. The normalized spacial score (nSPS) is 12.0. The molecule has 0 saturated carbocycles. The minimum atomic E-state index is 0.0440. The molecule has 112 valence electrons. The molecule has 0 saturated heterocycles. The summed E-state index contributed by atoms with van der Waals surface area (Å²) in [6.07, 6.45) is 1.87. The van der Waals surface area contributed by atoms with E-state index >= 15 is 0 Å². The molecule has 0 aliphatic carbocycles. The molecule has 0 bridgehead atoms. The number of hydrogen-bond donors (Lipinski definition) is 1. The van der Waals surface area contributed by atoms with Crippen molar-refractivity contribution in [1.29, 1.82) is 0 Å². The molecule has 3 heteroatoms. The molecule has 3 nitrogen and oxygen atoms in total. The quantitative estimate of drug-likeness (QED) is 0.843. The van der Waals surface area contributed by atoms with Gasteiger partial charge in [0.2, 0.25) is 0 Å². The Balaban J connectivity index is 1.88. The molecule has 0 amide bonds. The van der Waals surface area contributed by atoms with Crippen molar-refractivity contribution in [2.75, 3.05) is 13.7 Å². The van der Waals surface area contributed by atoms with Crippen LogP contribution in [0.15, 0.2) is 48.5 Å². The van der Waals surface area contributed by atoms with Crippen molar-refractivity contribution in [2.24, 2.45) is 5.73 Å². The van der Waals surface area contributed by atoms with E-state index in [1.165, 1.54) is 5.56 Å². The Morgan fingerprint density at radius 1 is 0.952 bits per heavy atom. The maximum Gasteiger partial charge on any atom is 0.119 e. The first-order valence-corrected chi connectivity index (χ1v) is 7.34. The molecular formula is C18H23NO2. The van der Waals surface area contributed by atoms with Crippen LogP contribution in [0.1, 0.15) is 30.5 Å². The fraction of sp³-hybridized carbons (Fsp3) is 0.333. The van der Waals surface area contributed by atoms with Gasteiger partial charge >= 0.3 is 0 Å². The van der Waals surface area contributed by atoms with Crippen LogP contribution in [0, 0.1) is 0 Å². The minimum absolute atomic E-state index is 0.0440. The predicted octanol–water partition coefficient (Wildman–Crippen LogP) is 3.73. The molecule has 2 N–H and O–H groups in total. The Morgan fingerprint density at radius 3 is 2.14 bits per heavy atom. The summed E-state index contributed by atoms with van der Waals surface area (Å²) in [5.41, 5.74) is 8.67. The van der Waals surface area contributed by atoms with Gasteiger partial charge in [-0.15, -0.1) is 0 Å². The maximum atomic E-state index is 6.25. The lowest BCUT2D eigenvalue weighted by Gasteiger charge is -2.13. The minimum Gasteiger partial charge on any atom is -0.497 e. The summed E-state index contributed by atoms with van der Waals surface area (Å²) in [5.74, 6) is 1.78. The Bertz CT molecular complexity index is 534. The monoisotopic (exact) mass is 285 g/mol. The van der Waals surface area contributed by atoms with E-state index in [4.69, 9.17) is 15.2 Å². The van der Waals surface area contributed by atoms with E-state index in [2.05, 4.69) is 12.1 Å². The summed E-state index contributed by atoms with van der Waals surface area (Å²) in [4.78, 5) is 0. The summed E-state index contributed by atoms with van der Waals surface area (Å²) in [5, 5.41) is 0. The molecule has 0 fully saturated rings. The molecule has 1 atom stereocenters. The van der Waals surface area contributed by atoms with Crippen molar-refractivity contribution in [1.82, 2.24) is 0 Å².